The number of hydrogen-bond donors (Lipinski definition) is 0. The maximum Gasteiger partial charge on any atom is 0.0244 e. The minimum absolute atomic E-state index is 0.571. The summed E-state index contributed by atoms with van der Waals surface area (Å²) >= 11 is 0. The Kier molecular flexibility index (Phi) is 3.29. The molecule has 0 bridgehead atoms. The van der Waals surface area contributed by atoms with E-state index in [1.54, 1.807) is 0 Å². The molecule has 0 aromatic heterocycles. The van der Waals surface area contributed by atoms with Crippen LogP contribution >= 0.6 is 0 Å². The monoisotopic (exact) mass is 222 g/mol. The zero-order valence-electron chi connectivity index (χ0n) is 11.1. The highest BCUT2D eigenvalue weighted by Gasteiger charge is 2.41. The van der Waals surface area contributed by atoms with Gasteiger partial charge in [-0.05, 0) is 46.6 Å². The average Bonchev–Trinajstić information content (AvgIpc) is 2.62. The number of likely N-dealkylation sites (tertiary alicyclic amines) is 2. The van der Waals surface area contributed by atoms with E-state index in [2.05, 4.69) is 37.1 Å². The van der Waals surface area contributed by atoms with Gasteiger partial charge >= 0.3 is 0 Å². The van der Waals surface area contributed by atoms with E-state index in [9.17, 15) is 0 Å². The number of piperidine rings is 1. The smallest absolute Gasteiger partial charge is 0.0244 e. The first-order chi connectivity index (χ1) is 7.52. The van der Waals surface area contributed by atoms with E-state index >= 15 is 0 Å². The maximum atomic E-state index is 4.10. The molecule has 2 saturated heterocycles. The van der Waals surface area contributed by atoms with E-state index in [0.717, 1.165) is 0 Å². The highest BCUT2D eigenvalue weighted by molar-refractivity contribution is 5.01. The van der Waals surface area contributed by atoms with Gasteiger partial charge in [0.1, 0.15) is 0 Å². The molecule has 0 aromatic carbocycles. The van der Waals surface area contributed by atoms with Crippen LogP contribution in [0.4, 0.5) is 0 Å². The second-order valence-electron chi connectivity index (χ2n) is 6.07. The summed E-state index contributed by atoms with van der Waals surface area (Å²) in [5, 5.41) is 0. The van der Waals surface area contributed by atoms with Gasteiger partial charge in [-0.15, -0.1) is 0 Å². The molecule has 0 N–H and O–H groups in total. The first kappa shape index (κ1) is 12.0. The van der Waals surface area contributed by atoms with Gasteiger partial charge in [0.2, 0.25) is 0 Å². The van der Waals surface area contributed by atoms with Crippen molar-refractivity contribution in [1.29, 1.82) is 0 Å². The normalized spacial score (nSPS) is 31.6. The van der Waals surface area contributed by atoms with Crippen molar-refractivity contribution >= 4 is 0 Å². The van der Waals surface area contributed by atoms with Crippen LogP contribution in [0, 0.1) is 5.41 Å². The molecule has 2 nitrogen and oxygen atoms in total. The van der Waals surface area contributed by atoms with Crippen LogP contribution in [0.5, 0.6) is 0 Å². The molecular weight excluding hydrogens is 196 g/mol. The summed E-state index contributed by atoms with van der Waals surface area (Å²) in [5.41, 5.74) is 1.82. The van der Waals surface area contributed by atoms with Gasteiger partial charge in [-0.3, -0.25) is 0 Å². The van der Waals surface area contributed by atoms with Crippen molar-refractivity contribution in [2.75, 3.05) is 26.2 Å². The van der Waals surface area contributed by atoms with E-state index in [1.807, 2.05) is 0 Å². The van der Waals surface area contributed by atoms with Gasteiger partial charge in [-0.25, -0.2) is 0 Å². The topological polar surface area (TPSA) is 6.48 Å². The van der Waals surface area contributed by atoms with Crippen molar-refractivity contribution in [2.24, 2.45) is 5.41 Å². The van der Waals surface area contributed by atoms with Gasteiger partial charge in [0.25, 0.3) is 0 Å². The first-order valence-electron chi connectivity index (χ1n) is 6.67. The van der Waals surface area contributed by atoms with E-state index < -0.39 is 0 Å². The van der Waals surface area contributed by atoms with E-state index in [0.29, 0.717) is 11.5 Å². The Balaban J connectivity index is 2.01. The molecule has 2 aliphatic rings. The lowest BCUT2D eigenvalue weighted by molar-refractivity contribution is 0.113. The van der Waals surface area contributed by atoms with Crippen LogP contribution in [-0.2, 0) is 0 Å². The van der Waals surface area contributed by atoms with Gasteiger partial charge < -0.3 is 9.80 Å². The lowest BCUT2D eigenvalue weighted by atomic mass is 9.79. The average molecular weight is 222 g/mol. The molecule has 1 spiro atoms. The SMILES string of the molecule is C=C(C)N1CCCC2(CCN(C(C)C)C2)C1. The van der Waals surface area contributed by atoms with Gasteiger partial charge in [-0.2, -0.15) is 0 Å². The Morgan fingerprint density at radius 2 is 1.94 bits per heavy atom. The molecule has 2 heterocycles. The third kappa shape index (κ3) is 2.27. The minimum atomic E-state index is 0.571. The van der Waals surface area contributed by atoms with Gasteiger partial charge in [-0.1, -0.05) is 6.58 Å². The summed E-state index contributed by atoms with van der Waals surface area (Å²) in [6.07, 6.45) is 4.15. The Bertz CT molecular complexity index is 272. The first-order valence-corrected chi connectivity index (χ1v) is 6.67. The lowest BCUT2D eigenvalue weighted by Crippen LogP contribution is -2.44. The Morgan fingerprint density at radius 1 is 1.19 bits per heavy atom. The molecule has 2 rings (SSSR count). The fourth-order valence-electron chi connectivity index (χ4n) is 3.28. The van der Waals surface area contributed by atoms with Crippen LogP contribution in [0.25, 0.3) is 0 Å². The molecule has 92 valence electrons. The van der Waals surface area contributed by atoms with Crippen LogP contribution in [0.15, 0.2) is 12.3 Å². The Hall–Kier alpha value is -0.500. The molecule has 0 saturated carbocycles. The summed E-state index contributed by atoms with van der Waals surface area (Å²) in [6.45, 7) is 15.9. The third-order valence-electron chi connectivity index (χ3n) is 4.40. The standard InChI is InChI=1S/C14H26N2/c1-12(2)15-8-5-6-14(10-15)7-9-16(11-14)13(3)4/h13H,1,5-11H2,2-4H3. The van der Waals surface area contributed by atoms with Crippen LogP contribution in [-0.4, -0.2) is 42.0 Å². The fourth-order valence-corrected chi connectivity index (χ4v) is 3.28. The van der Waals surface area contributed by atoms with Crippen molar-refractivity contribution in [3.63, 3.8) is 0 Å². The summed E-state index contributed by atoms with van der Waals surface area (Å²) in [7, 11) is 0. The van der Waals surface area contributed by atoms with Crippen LogP contribution in [0.3, 0.4) is 0 Å². The molecule has 2 heteroatoms. The second kappa shape index (κ2) is 4.40. The minimum Gasteiger partial charge on any atom is -0.375 e. The fraction of sp³-hybridized carbons (Fsp3) is 0.857. The number of rotatable bonds is 2. The molecule has 0 radical (unpaired) electrons. The molecule has 16 heavy (non-hydrogen) atoms. The number of nitrogens with zero attached hydrogens (tertiary/aromatic N) is 2. The quantitative estimate of drug-likeness (QED) is 0.709. The molecule has 2 aliphatic heterocycles. The van der Waals surface area contributed by atoms with Crippen LogP contribution < -0.4 is 0 Å². The van der Waals surface area contributed by atoms with Crippen molar-refractivity contribution in [2.45, 2.75) is 46.1 Å². The van der Waals surface area contributed by atoms with Crippen LogP contribution in [0.2, 0.25) is 0 Å². The lowest BCUT2D eigenvalue weighted by Gasteiger charge is -2.42. The largest absolute Gasteiger partial charge is 0.375 e. The predicted octanol–water partition coefficient (Wildman–Crippen LogP) is 2.72. The van der Waals surface area contributed by atoms with Gasteiger partial charge in [0.05, 0.1) is 0 Å². The van der Waals surface area contributed by atoms with E-state index in [1.165, 1.54) is 51.1 Å². The molecule has 0 amide bonds. The Labute approximate surface area is 100 Å². The molecular formula is C14H26N2. The van der Waals surface area contributed by atoms with E-state index in [-0.39, 0.29) is 0 Å². The molecule has 1 unspecified atom stereocenters. The van der Waals surface area contributed by atoms with Gasteiger partial charge in [0, 0.05) is 36.8 Å². The molecule has 1 atom stereocenters. The number of allylic oxidation sites excluding steroid dienone is 1. The van der Waals surface area contributed by atoms with Crippen molar-refractivity contribution in [3.05, 3.63) is 12.3 Å². The highest BCUT2D eigenvalue weighted by atomic mass is 15.2. The molecule has 2 fully saturated rings. The maximum absolute atomic E-state index is 4.10. The summed E-state index contributed by atoms with van der Waals surface area (Å²) in [5.74, 6) is 0. The summed E-state index contributed by atoms with van der Waals surface area (Å²) < 4.78 is 0. The van der Waals surface area contributed by atoms with Gasteiger partial charge in [0.15, 0.2) is 0 Å². The Morgan fingerprint density at radius 3 is 2.50 bits per heavy atom. The van der Waals surface area contributed by atoms with Crippen molar-refractivity contribution in [3.8, 4) is 0 Å². The number of hydrogen-bond acceptors (Lipinski definition) is 2. The second-order valence-corrected chi connectivity index (χ2v) is 6.07. The van der Waals surface area contributed by atoms with E-state index in [4.69, 9.17) is 0 Å². The van der Waals surface area contributed by atoms with Crippen LogP contribution in [0.1, 0.15) is 40.0 Å². The zero-order chi connectivity index (χ0) is 11.8. The third-order valence-corrected chi connectivity index (χ3v) is 4.40. The summed E-state index contributed by atoms with van der Waals surface area (Å²) in [6, 6.07) is 0.708. The highest BCUT2D eigenvalue weighted by Crippen LogP contribution is 2.40. The molecule has 0 aromatic rings. The zero-order valence-corrected chi connectivity index (χ0v) is 11.1. The predicted molar refractivity (Wildman–Crippen MR) is 69.4 cm³/mol. The molecule has 0 aliphatic carbocycles. The summed E-state index contributed by atoms with van der Waals surface area (Å²) in [4.78, 5) is 5.13. The van der Waals surface area contributed by atoms with Crippen molar-refractivity contribution in [1.82, 2.24) is 9.80 Å². The van der Waals surface area contributed by atoms with Crippen molar-refractivity contribution < 1.29 is 0 Å².